The van der Waals surface area contributed by atoms with Gasteiger partial charge >= 0.3 is 0 Å². The van der Waals surface area contributed by atoms with E-state index in [-0.39, 0.29) is 12.5 Å². The van der Waals surface area contributed by atoms with Gasteiger partial charge in [-0.05, 0) is 44.9 Å². The van der Waals surface area contributed by atoms with Crippen molar-refractivity contribution in [3.8, 4) is 0 Å². The molecule has 0 fully saturated rings. The van der Waals surface area contributed by atoms with Crippen LogP contribution in [0.3, 0.4) is 0 Å². The largest absolute Gasteiger partial charge is 0.394 e. The van der Waals surface area contributed by atoms with Crippen LogP contribution in [0.15, 0.2) is 36.5 Å². The van der Waals surface area contributed by atoms with Gasteiger partial charge in [-0.25, -0.2) is 0 Å². The molecule has 0 bridgehead atoms. The Morgan fingerprint density at radius 1 is 0.299 bits per heavy atom. The van der Waals surface area contributed by atoms with Gasteiger partial charge in [0.1, 0.15) is 0 Å². The highest BCUT2D eigenvalue weighted by molar-refractivity contribution is 5.76. The molecule has 2 unspecified atom stereocenters. The van der Waals surface area contributed by atoms with Gasteiger partial charge in [-0.1, -0.05) is 391 Å². The summed E-state index contributed by atoms with van der Waals surface area (Å²) in [7, 11) is 0. The van der Waals surface area contributed by atoms with E-state index in [1.807, 2.05) is 6.08 Å². The van der Waals surface area contributed by atoms with E-state index in [0.29, 0.717) is 6.42 Å². The molecule has 1 amide bonds. The smallest absolute Gasteiger partial charge is 0.220 e. The van der Waals surface area contributed by atoms with Gasteiger partial charge in [0.05, 0.1) is 18.8 Å². The van der Waals surface area contributed by atoms with E-state index < -0.39 is 12.1 Å². The second kappa shape index (κ2) is 68.9. The molecule has 0 aromatic rings. The molecule has 0 aliphatic carbocycles. The fourth-order valence-corrected chi connectivity index (χ4v) is 11.5. The molecular formula is C73H141NO3. The van der Waals surface area contributed by atoms with Crippen LogP contribution in [0.25, 0.3) is 0 Å². The lowest BCUT2D eigenvalue weighted by Gasteiger charge is -2.19. The second-order valence-corrected chi connectivity index (χ2v) is 24.6. The number of hydrogen-bond donors (Lipinski definition) is 3. The van der Waals surface area contributed by atoms with Crippen LogP contribution in [0.4, 0.5) is 0 Å². The third kappa shape index (κ3) is 65.3. The van der Waals surface area contributed by atoms with Crippen LogP contribution in [0, 0.1) is 0 Å². The summed E-state index contributed by atoms with van der Waals surface area (Å²) in [6.07, 6.45) is 95.4. The summed E-state index contributed by atoms with van der Waals surface area (Å²) in [5.74, 6) is -0.0696. The number of nitrogens with one attached hydrogen (secondary N) is 1. The molecule has 77 heavy (non-hydrogen) atoms. The highest BCUT2D eigenvalue weighted by atomic mass is 16.3. The first kappa shape index (κ1) is 75.6. The number of carbonyl (C=O) groups excluding carboxylic acids is 1. The van der Waals surface area contributed by atoms with E-state index in [1.54, 1.807) is 6.08 Å². The minimum absolute atomic E-state index is 0.0696. The standard InChI is InChI=1S/C73H141NO3/c1-3-5-7-9-11-13-15-17-19-21-23-25-27-29-30-31-32-33-34-35-36-37-38-39-40-41-42-43-44-45-47-49-51-53-55-57-59-61-63-65-67-69-73(77)74-71(70-75)72(76)68-66-64-62-60-58-56-54-52-50-48-46-28-26-24-22-20-18-16-14-12-10-8-6-4-2/h50,52,58,60,66,68,71-72,75-76H,3-49,51,53-57,59,61-65,67,69-70H2,1-2H3,(H,74,77)/b52-50+,60-58+,68-66+. The number of amides is 1. The molecule has 0 saturated carbocycles. The Hall–Kier alpha value is -1.39. The van der Waals surface area contributed by atoms with Crippen molar-refractivity contribution >= 4 is 5.91 Å². The molecule has 0 aliphatic rings. The van der Waals surface area contributed by atoms with Crippen molar-refractivity contribution in [1.82, 2.24) is 5.32 Å². The van der Waals surface area contributed by atoms with Crippen LogP contribution in [-0.2, 0) is 4.79 Å². The molecule has 0 heterocycles. The van der Waals surface area contributed by atoms with Crippen molar-refractivity contribution in [2.24, 2.45) is 0 Å². The lowest BCUT2D eigenvalue weighted by Crippen LogP contribution is -2.45. The Balaban J connectivity index is 3.41. The Morgan fingerprint density at radius 3 is 0.753 bits per heavy atom. The Morgan fingerprint density at radius 2 is 0.506 bits per heavy atom. The number of unbranched alkanes of at least 4 members (excludes halogenated alkanes) is 56. The summed E-state index contributed by atoms with van der Waals surface area (Å²) in [6, 6.07) is -0.645. The average molecular weight is 1080 g/mol. The molecule has 0 radical (unpaired) electrons. The quantitative estimate of drug-likeness (QED) is 0.0420. The third-order valence-corrected chi connectivity index (χ3v) is 16.9. The Kier molecular flexibility index (Phi) is 67.6. The second-order valence-electron chi connectivity index (χ2n) is 24.6. The molecule has 0 aromatic carbocycles. The number of rotatable bonds is 67. The van der Waals surface area contributed by atoms with Crippen LogP contribution in [-0.4, -0.2) is 34.9 Å². The van der Waals surface area contributed by atoms with E-state index in [4.69, 9.17) is 0 Å². The number of hydrogen-bond acceptors (Lipinski definition) is 3. The van der Waals surface area contributed by atoms with Crippen molar-refractivity contribution in [1.29, 1.82) is 0 Å². The van der Waals surface area contributed by atoms with Crippen molar-refractivity contribution in [2.45, 2.75) is 418 Å². The van der Waals surface area contributed by atoms with Gasteiger partial charge in [0.25, 0.3) is 0 Å². The maximum Gasteiger partial charge on any atom is 0.220 e. The Bertz CT molecular complexity index is 1180. The zero-order valence-electron chi connectivity index (χ0n) is 52.8. The van der Waals surface area contributed by atoms with E-state index in [0.717, 1.165) is 38.5 Å². The summed E-state index contributed by atoms with van der Waals surface area (Å²) < 4.78 is 0. The first-order valence-corrected chi connectivity index (χ1v) is 35.7. The molecule has 2 atom stereocenters. The zero-order chi connectivity index (χ0) is 55.5. The van der Waals surface area contributed by atoms with Crippen molar-refractivity contribution in [3.63, 3.8) is 0 Å². The maximum absolute atomic E-state index is 12.5. The van der Waals surface area contributed by atoms with Gasteiger partial charge in [-0.15, -0.1) is 0 Å². The van der Waals surface area contributed by atoms with E-state index in [2.05, 4.69) is 43.5 Å². The molecule has 0 saturated heterocycles. The summed E-state index contributed by atoms with van der Waals surface area (Å²) in [5, 5.41) is 23.2. The van der Waals surface area contributed by atoms with Gasteiger partial charge < -0.3 is 15.5 Å². The molecule has 3 N–H and O–H groups in total. The Labute approximate surface area is 484 Å². The monoisotopic (exact) mass is 1080 g/mol. The van der Waals surface area contributed by atoms with E-state index in [1.165, 1.54) is 347 Å². The number of carbonyl (C=O) groups is 1. The van der Waals surface area contributed by atoms with Crippen molar-refractivity contribution in [3.05, 3.63) is 36.5 Å². The van der Waals surface area contributed by atoms with Crippen LogP contribution >= 0.6 is 0 Å². The fourth-order valence-electron chi connectivity index (χ4n) is 11.5. The minimum Gasteiger partial charge on any atom is -0.394 e. The summed E-state index contributed by atoms with van der Waals surface area (Å²) in [4.78, 5) is 12.5. The van der Waals surface area contributed by atoms with Crippen LogP contribution in [0.5, 0.6) is 0 Å². The topological polar surface area (TPSA) is 69.6 Å². The summed E-state index contributed by atoms with van der Waals surface area (Å²) >= 11 is 0. The number of aliphatic hydroxyl groups excluding tert-OH is 2. The van der Waals surface area contributed by atoms with Gasteiger partial charge in [0.2, 0.25) is 5.91 Å². The normalized spacial score (nSPS) is 12.8. The lowest BCUT2D eigenvalue weighted by atomic mass is 10.0. The van der Waals surface area contributed by atoms with Gasteiger partial charge in [-0.3, -0.25) is 4.79 Å². The van der Waals surface area contributed by atoms with E-state index in [9.17, 15) is 15.0 Å². The lowest BCUT2D eigenvalue weighted by molar-refractivity contribution is -0.123. The van der Waals surface area contributed by atoms with Crippen molar-refractivity contribution < 1.29 is 15.0 Å². The highest BCUT2D eigenvalue weighted by Crippen LogP contribution is 2.19. The highest BCUT2D eigenvalue weighted by Gasteiger charge is 2.18. The van der Waals surface area contributed by atoms with Gasteiger partial charge in [0, 0.05) is 6.42 Å². The molecule has 0 spiro atoms. The summed E-state index contributed by atoms with van der Waals surface area (Å²) in [5.41, 5.74) is 0. The third-order valence-electron chi connectivity index (χ3n) is 16.9. The summed E-state index contributed by atoms with van der Waals surface area (Å²) in [6.45, 7) is 4.34. The predicted octanol–water partition coefficient (Wildman–Crippen LogP) is 24.3. The molecule has 4 heteroatoms. The number of allylic oxidation sites excluding steroid dienone is 5. The predicted molar refractivity (Wildman–Crippen MR) is 345 cm³/mol. The first-order valence-electron chi connectivity index (χ1n) is 35.7. The maximum atomic E-state index is 12.5. The van der Waals surface area contributed by atoms with Crippen LogP contribution in [0.1, 0.15) is 406 Å². The molecular weight excluding hydrogens is 939 g/mol. The molecule has 0 rings (SSSR count). The van der Waals surface area contributed by atoms with Gasteiger partial charge in [-0.2, -0.15) is 0 Å². The van der Waals surface area contributed by atoms with E-state index >= 15 is 0 Å². The fraction of sp³-hybridized carbons (Fsp3) is 0.904. The van der Waals surface area contributed by atoms with Crippen molar-refractivity contribution in [2.75, 3.05) is 6.61 Å². The molecule has 4 nitrogen and oxygen atoms in total. The zero-order valence-corrected chi connectivity index (χ0v) is 52.8. The molecule has 0 aromatic heterocycles. The SMILES string of the molecule is CCCCCCCCCCCCCCCC/C=C/CC/C=C/CC/C=C/C(O)C(CO)NC(=O)CCCCCCCCCCCCCCCCCCCCCCCCCCCCCCCCCCCCCCCCCCC. The van der Waals surface area contributed by atoms with Crippen LogP contribution in [0.2, 0.25) is 0 Å². The molecule has 0 aliphatic heterocycles. The van der Waals surface area contributed by atoms with Gasteiger partial charge in [0.15, 0.2) is 0 Å². The number of aliphatic hydroxyl groups is 2. The van der Waals surface area contributed by atoms with Crippen LogP contribution < -0.4 is 5.32 Å². The molecule has 456 valence electrons. The average Bonchev–Trinajstić information content (AvgIpc) is 3.43. The minimum atomic E-state index is -0.870. The first-order chi connectivity index (χ1) is 38.2.